The number of benzene rings is 1. The third-order valence-electron chi connectivity index (χ3n) is 3.85. The van der Waals surface area contributed by atoms with Gasteiger partial charge in [-0.05, 0) is 30.0 Å². The van der Waals surface area contributed by atoms with Gasteiger partial charge in [0.2, 0.25) is 5.16 Å². The molecule has 0 spiro atoms. The molecule has 26 heavy (non-hydrogen) atoms. The molecule has 0 saturated carbocycles. The first-order valence-corrected chi connectivity index (χ1v) is 9.29. The summed E-state index contributed by atoms with van der Waals surface area (Å²) in [6.07, 6.45) is 0. The summed E-state index contributed by atoms with van der Waals surface area (Å²) in [4.78, 5) is 0. The maximum atomic E-state index is 6.07. The van der Waals surface area contributed by atoms with Gasteiger partial charge in [-0.3, -0.25) is 0 Å². The average Bonchev–Trinajstić information content (AvgIpc) is 3.16. The van der Waals surface area contributed by atoms with Gasteiger partial charge in [0.05, 0.1) is 5.69 Å². The van der Waals surface area contributed by atoms with Crippen molar-refractivity contribution >= 4 is 11.8 Å². The maximum absolute atomic E-state index is 6.07. The highest BCUT2D eigenvalue weighted by Crippen LogP contribution is 2.25. The largest absolute Gasteiger partial charge is 0.486 e. The van der Waals surface area contributed by atoms with E-state index in [1.807, 2.05) is 25.1 Å². The molecule has 3 rings (SSSR count). The highest BCUT2D eigenvalue weighted by molar-refractivity contribution is 7.98. The quantitative estimate of drug-likeness (QED) is 0.522. The molecule has 138 valence electrons. The molecule has 0 unspecified atom stereocenters. The van der Waals surface area contributed by atoms with E-state index in [0.717, 1.165) is 17.2 Å². The minimum atomic E-state index is 0.116. The molecule has 0 amide bonds. The van der Waals surface area contributed by atoms with E-state index in [9.17, 15) is 0 Å². The van der Waals surface area contributed by atoms with Crippen LogP contribution < -0.4 is 10.6 Å². The Morgan fingerprint density at radius 3 is 2.54 bits per heavy atom. The Balaban J connectivity index is 1.58. The van der Waals surface area contributed by atoms with E-state index in [-0.39, 0.29) is 12.0 Å². The fraction of sp³-hybridized carbons (Fsp3) is 0.389. The number of rotatable bonds is 6. The molecule has 0 aliphatic heterocycles. The summed E-state index contributed by atoms with van der Waals surface area (Å²) in [6.45, 7) is 8.65. The van der Waals surface area contributed by atoms with Crippen molar-refractivity contribution in [1.82, 2.24) is 20.0 Å². The van der Waals surface area contributed by atoms with E-state index in [4.69, 9.17) is 15.1 Å². The summed E-state index contributed by atoms with van der Waals surface area (Å²) in [5, 5.41) is 12.8. The summed E-state index contributed by atoms with van der Waals surface area (Å²) in [6, 6.07) is 9.95. The van der Waals surface area contributed by atoms with Crippen molar-refractivity contribution in [2.45, 2.75) is 50.6 Å². The maximum Gasteiger partial charge on any atom is 0.210 e. The monoisotopic (exact) mass is 373 g/mol. The first kappa shape index (κ1) is 18.3. The molecule has 2 aromatic heterocycles. The number of aromatic nitrogens is 4. The van der Waals surface area contributed by atoms with Crippen LogP contribution in [0.2, 0.25) is 0 Å². The van der Waals surface area contributed by atoms with Gasteiger partial charge in [0.25, 0.3) is 0 Å². The van der Waals surface area contributed by atoms with Crippen molar-refractivity contribution in [3.05, 3.63) is 53.2 Å². The summed E-state index contributed by atoms with van der Waals surface area (Å²) >= 11 is 1.45. The van der Waals surface area contributed by atoms with E-state index in [1.54, 1.807) is 0 Å². The van der Waals surface area contributed by atoms with Crippen molar-refractivity contribution in [3.8, 4) is 5.75 Å². The third-order valence-corrected chi connectivity index (χ3v) is 4.83. The second-order valence-corrected chi connectivity index (χ2v) is 7.99. The SMILES string of the molecule is Cc1cc(CSc2nnc(COc3ccc(C(C)(C)C)cc3)n2N)no1. The Bertz CT molecular complexity index is 865. The number of ether oxygens (including phenoxy) is 1. The minimum Gasteiger partial charge on any atom is -0.486 e. The van der Waals surface area contributed by atoms with Crippen LogP contribution in [0.3, 0.4) is 0 Å². The van der Waals surface area contributed by atoms with Crippen molar-refractivity contribution in [2.75, 3.05) is 5.84 Å². The second-order valence-electron chi connectivity index (χ2n) is 7.05. The van der Waals surface area contributed by atoms with Crippen LogP contribution in [0, 0.1) is 6.92 Å². The first-order valence-electron chi connectivity index (χ1n) is 8.30. The van der Waals surface area contributed by atoms with E-state index < -0.39 is 0 Å². The highest BCUT2D eigenvalue weighted by Gasteiger charge is 2.14. The normalized spacial score (nSPS) is 11.7. The lowest BCUT2D eigenvalue weighted by molar-refractivity contribution is 0.291. The average molecular weight is 373 g/mol. The van der Waals surface area contributed by atoms with Gasteiger partial charge in [0, 0.05) is 11.8 Å². The Morgan fingerprint density at radius 2 is 1.92 bits per heavy atom. The lowest BCUT2D eigenvalue weighted by Gasteiger charge is -2.19. The van der Waals surface area contributed by atoms with E-state index >= 15 is 0 Å². The number of nitrogen functional groups attached to an aromatic ring is 1. The standard InChI is InChI=1S/C18H23N5O2S/c1-12-9-14(22-25-12)11-26-17-21-20-16(23(17)19)10-24-15-7-5-13(6-8-15)18(2,3)4/h5-9H,10-11,19H2,1-4H3. The number of nitrogens with two attached hydrogens (primary N) is 1. The molecule has 0 saturated heterocycles. The lowest BCUT2D eigenvalue weighted by Crippen LogP contribution is -2.16. The number of aryl methyl sites for hydroxylation is 1. The number of hydrogen-bond acceptors (Lipinski definition) is 7. The van der Waals surface area contributed by atoms with E-state index in [0.29, 0.717) is 16.7 Å². The molecule has 7 nitrogen and oxygen atoms in total. The van der Waals surface area contributed by atoms with Crippen molar-refractivity contribution in [2.24, 2.45) is 0 Å². The zero-order valence-corrected chi connectivity index (χ0v) is 16.2. The van der Waals surface area contributed by atoms with Crippen LogP contribution in [0.25, 0.3) is 0 Å². The summed E-state index contributed by atoms with van der Waals surface area (Å²) in [7, 11) is 0. The molecule has 0 fully saturated rings. The summed E-state index contributed by atoms with van der Waals surface area (Å²) < 4.78 is 12.3. The first-order chi connectivity index (χ1) is 12.3. The summed E-state index contributed by atoms with van der Waals surface area (Å²) in [5.74, 6) is 8.79. The van der Waals surface area contributed by atoms with Gasteiger partial charge < -0.3 is 15.1 Å². The molecule has 3 aromatic rings. The Labute approximate surface area is 156 Å². The Morgan fingerprint density at radius 1 is 1.19 bits per heavy atom. The van der Waals surface area contributed by atoms with Gasteiger partial charge in [-0.25, -0.2) is 4.68 Å². The Kier molecular flexibility index (Phi) is 5.22. The predicted molar refractivity (Wildman–Crippen MR) is 100 cm³/mol. The number of thioether (sulfide) groups is 1. The van der Waals surface area contributed by atoms with Crippen LogP contribution in [-0.4, -0.2) is 20.0 Å². The topological polar surface area (TPSA) is 92.0 Å². The second kappa shape index (κ2) is 7.41. The molecule has 2 heterocycles. The van der Waals surface area contributed by atoms with Gasteiger partial charge in [-0.1, -0.05) is 49.8 Å². The molecule has 0 aliphatic rings. The van der Waals surface area contributed by atoms with Crippen molar-refractivity contribution in [3.63, 3.8) is 0 Å². The Hall–Kier alpha value is -2.48. The van der Waals surface area contributed by atoms with Crippen LogP contribution in [0.1, 0.15) is 43.6 Å². The van der Waals surface area contributed by atoms with Crippen LogP contribution >= 0.6 is 11.8 Å². The fourth-order valence-corrected chi connectivity index (χ4v) is 3.08. The van der Waals surface area contributed by atoms with Crippen LogP contribution in [-0.2, 0) is 17.8 Å². The molecule has 0 bridgehead atoms. The fourth-order valence-electron chi connectivity index (χ4n) is 2.33. The lowest BCUT2D eigenvalue weighted by atomic mass is 9.87. The molecule has 0 aliphatic carbocycles. The van der Waals surface area contributed by atoms with Gasteiger partial charge in [0.15, 0.2) is 5.82 Å². The molecule has 8 heteroatoms. The van der Waals surface area contributed by atoms with Gasteiger partial charge in [-0.15, -0.1) is 10.2 Å². The number of nitrogens with zero attached hydrogens (tertiary/aromatic N) is 4. The van der Waals surface area contributed by atoms with Crippen molar-refractivity contribution in [1.29, 1.82) is 0 Å². The van der Waals surface area contributed by atoms with Crippen molar-refractivity contribution < 1.29 is 9.26 Å². The molecule has 1 aromatic carbocycles. The minimum absolute atomic E-state index is 0.116. The highest BCUT2D eigenvalue weighted by atomic mass is 32.2. The molecule has 0 radical (unpaired) electrons. The van der Waals surface area contributed by atoms with Crippen LogP contribution in [0.15, 0.2) is 40.0 Å². The molecular weight excluding hydrogens is 350 g/mol. The van der Waals surface area contributed by atoms with Gasteiger partial charge >= 0.3 is 0 Å². The third kappa shape index (κ3) is 4.37. The molecule has 0 atom stereocenters. The van der Waals surface area contributed by atoms with Crippen LogP contribution in [0.4, 0.5) is 0 Å². The smallest absolute Gasteiger partial charge is 0.210 e. The van der Waals surface area contributed by atoms with E-state index in [1.165, 1.54) is 22.0 Å². The zero-order chi connectivity index (χ0) is 18.7. The molecule has 2 N–H and O–H groups in total. The zero-order valence-electron chi connectivity index (χ0n) is 15.4. The van der Waals surface area contributed by atoms with Gasteiger partial charge in [0.1, 0.15) is 18.1 Å². The number of hydrogen-bond donors (Lipinski definition) is 1. The van der Waals surface area contributed by atoms with E-state index in [2.05, 4.69) is 48.3 Å². The van der Waals surface area contributed by atoms with Crippen LogP contribution in [0.5, 0.6) is 5.75 Å². The summed E-state index contributed by atoms with van der Waals surface area (Å²) in [5.41, 5.74) is 2.21. The molecular formula is C18H23N5O2S. The van der Waals surface area contributed by atoms with Gasteiger partial charge in [-0.2, -0.15) is 0 Å². The predicted octanol–water partition coefficient (Wildman–Crippen LogP) is 3.46.